The first-order valence-electron chi connectivity index (χ1n) is 11.4. The fourth-order valence-corrected chi connectivity index (χ4v) is 4.18. The topological polar surface area (TPSA) is 92.5 Å². The second-order valence-corrected chi connectivity index (χ2v) is 8.50. The van der Waals surface area contributed by atoms with Crippen LogP contribution in [0.25, 0.3) is 11.1 Å². The fraction of sp³-hybridized carbons (Fsp3) is 0.522. The van der Waals surface area contributed by atoms with Gasteiger partial charge in [-0.15, -0.1) is 0 Å². The van der Waals surface area contributed by atoms with Crippen molar-refractivity contribution in [3.8, 4) is 11.1 Å². The number of benzene rings is 1. The molecule has 1 amide bonds. The number of carbonyl (C=O) groups is 1. The van der Waals surface area contributed by atoms with Gasteiger partial charge in [-0.2, -0.15) is 18.3 Å². The summed E-state index contributed by atoms with van der Waals surface area (Å²) in [5.74, 6) is -0.0408. The van der Waals surface area contributed by atoms with E-state index in [2.05, 4.69) is 10.4 Å². The van der Waals surface area contributed by atoms with E-state index in [0.29, 0.717) is 44.4 Å². The summed E-state index contributed by atoms with van der Waals surface area (Å²) in [6, 6.07) is 4.76. The van der Waals surface area contributed by atoms with Crippen molar-refractivity contribution >= 4 is 11.9 Å². The number of ether oxygens (including phenoxy) is 2. The van der Waals surface area contributed by atoms with Crippen molar-refractivity contribution in [2.75, 3.05) is 32.9 Å². The first-order valence-corrected chi connectivity index (χ1v) is 11.4. The third-order valence-corrected chi connectivity index (χ3v) is 6.07. The van der Waals surface area contributed by atoms with Crippen LogP contribution in [0.1, 0.15) is 41.4 Å². The van der Waals surface area contributed by atoms with Crippen molar-refractivity contribution in [1.29, 1.82) is 5.41 Å². The van der Waals surface area contributed by atoms with Gasteiger partial charge in [0.15, 0.2) is 5.69 Å². The normalized spacial score (nSPS) is 17.2. The Hall–Kier alpha value is -3.08. The van der Waals surface area contributed by atoms with Gasteiger partial charge in [0.2, 0.25) is 0 Å². The third kappa shape index (κ3) is 5.52. The summed E-state index contributed by atoms with van der Waals surface area (Å²) in [5, 5.41) is 14.5. The van der Waals surface area contributed by atoms with Crippen LogP contribution in [-0.4, -0.2) is 59.5 Å². The number of nitrogens with zero attached hydrogens (tertiary/aromatic N) is 3. The molecule has 4 rings (SSSR count). The van der Waals surface area contributed by atoms with E-state index in [4.69, 9.17) is 14.9 Å². The second kappa shape index (κ2) is 10.0. The predicted octanol–water partition coefficient (Wildman–Crippen LogP) is 3.51. The third-order valence-electron chi connectivity index (χ3n) is 6.07. The van der Waals surface area contributed by atoms with Crippen LogP contribution in [0, 0.1) is 11.3 Å². The summed E-state index contributed by atoms with van der Waals surface area (Å²) >= 11 is 0. The van der Waals surface area contributed by atoms with Gasteiger partial charge >= 0.3 is 6.18 Å². The molecule has 11 heteroatoms. The van der Waals surface area contributed by atoms with E-state index in [0.717, 1.165) is 12.8 Å². The Morgan fingerprint density at radius 1 is 1.24 bits per heavy atom. The van der Waals surface area contributed by atoms with Crippen LogP contribution >= 0.6 is 0 Å². The van der Waals surface area contributed by atoms with Gasteiger partial charge in [0.25, 0.3) is 11.9 Å². The standard InChI is InChI=1S/C23H28F3N5O3/c1-2-31-14-19(20(29-31)23(24,25)26)17-9-16(13-30-5-8-34-22(30)27)10-18(11-17)21(32)28-12-15-3-6-33-7-4-15/h9-11,14-15,27H,2-8,12-13H2,1H3,(H,28,32). The molecule has 184 valence electrons. The lowest BCUT2D eigenvalue weighted by Crippen LogP contribution is -2.32. The molecule has 0 radical (unpaired) electrons. The molecule has 0 aliphatic carbocycles. The Bertz CT molecular complexity index is 1050. The van der Waals surface area contributed by atoms with E-state index in [9.17, 15) is 18.0 Å². The van der Waals surface area contributed by atoms with Crippen LogP contribution in [0.3, 0.4) is 0 Å². The summed E-state index contributed by atoms with van der Waals surface area (Å²) in [4.78, 5) is 14.7. The molecule has 2 aliphatic heterocycles. The Morgan fingerprint density at radius 3 is 2.65 bits per heavy atom. The van der Waals surface area contributed by atoms with Crippen LogP contribution in [-0.2, 0) is 28.7 Å². The predicted molar refractivity (Wildman–Crippen MR) is 118 cm³/mol. The quantitative estimate of drug-likeness (QED) is 0.634. The van der Waals surface area contributed by atoms with Crippen LogP contribution in [0.2, 0.25) is 0 Å². The van der Waals surface area contributed by atoms with E-state index >= 15 is 0 Å². The maximum absolute atomic E-state index is 13.7. The zero-order chi connectivity index (χ0) is 24.3. The number of hydrogen-bond acceptors (Lipinski definition) is 5. The average Bonchev–Trinajstić information content (AvgIpc) is 3.44. The van der Waals surface area contributed by atoms with E-state index in [1.165, 1.54) is 16.9 Å². The number of hydrogen-bond donors (Lipinski definition) is 2. The maximum atomic E-state index is 13.7. The van der Waals surface area contributed by atoms with Crippen molar-refractivity contribution in [2.24, 2.45) is 5.92 Å². The molecule has 2 aliphatic rings. The lowest BCUT2D eigenvalue weighted by atomic mass is 9.98. The fourth-order valence-electron chi connectivity index (χ4n) is 4.18. The second-order valence-electron chi connectivity index (χ2n) is 8.50. The molecular weight excluding hydrogens is 451 g/mol. The van der Waals surface area contributed by atoms with Gasteiger partial charge in [0.05, 0.1) is 6.54 Å². The van der Waals surface area contributed by atoms with Gasteiger partial charge in [-0.1, -0.05) is 0 Å². The van der Waals surface area contributed by atoms with Crippen LogP contribution < -0.4 is 5.32 Å². The highest BCUT2D eigenvalue weighted by Gasteiger charge is 2.37. The van der Waals surface area contributed by atoms with Crippen LogP contribution in [0.5, 0.6) is 0 Å². The molecule has 0 atom stereocenters. The molecule has 2 saturated heterocycles. The van der Waals surface area contributed by atoms with Crippen LogP contribution in [0.4, 0.5) is 13.2 Å². The Balaban J connectivity index is 1.67. The molecule has 0 saturated carbocycles. The molecule has 1 aromatic carbocycles. The Kier molecular flexibility index (Phi) is 7.11. The van der Waals surface area contributed by atoms with Gasteiger partial charge in [0, 0.05) is 50.2 Å². The number of rotatable bonds is 7. The number of amidine groups is 1. The minimum absolute atomic E-state index is 0.00528. The Labute approximate surface area is 195 Å². The summed E-state index contributed by atoms with van der Waals surface area (Å²) in [5.41, 5.74) is 0.0667. The minimum Gasteiger partial charge on any atom is -0.463 e. The molecule has 2 N–H and O–H groups in total. The molecule has 34 heavy (non-hydrogen) atoms. The van der Waals surface area contributed by atoms with E-state index < -0.39 is 11.9 Å². The number of aryl methyl sites for hydroxylation is 1. The molecule has 2 fully saturated rings. The maximum Gasteiger partial charge on any atom is 0.435 e. The van der Waals surface area contributed by atoms with Gasteiger partial charge in [-0.25, -0.2) is 0 Å². The summed E-state index contributed by atoms with van der Waals surface area (Å²) < 4.78 is 53.0. The summed E-state index contributed by atoms with van der Waals surface area (Å²) in [7, 11) is 0. The van der Waals surface area contributed by atoms with Crippen molar-refractivity contribution in [1.82, 2.24) is 20.0 Å². The highest BCUT2D eigenvalue weighted by molar-refractivity contribution is 5.96. The molecule has 0 spiro atoms. The smallest absolute Gasteiger partial charge is 0.435 e. The van der Waals surface area contributed by atoms with Gasteiger partial charge in [0.1, 0.15) is 6.61 Å². The van der Waals surface area contributed by atoms with Gasteiger partial charge in [-0.05, 0) is 55.0 Å². The first kappa shape index (κ1) is 24.1. The summed E-state index contributed by atoms with van der Waals surface area (Å²) in [6.07, 6.45) is -1.57. The molecular formula is C23H28F3N5O3. The molecule has 2 aromatic rings. The number of aromatic nitrogens is 2. The highest BCUT2D eigenvalue weighted by atomic mass is 19.4. The molecule has 3 heterocycles. The lowest BCUT2D eigenvalue weighted by Gasteiger charge is -2.22. The van der Waals surface area contributed by atoms with Gasteiger partial charge in [-0.3, -0.25) is 14.9 Å². The van der Waals surface area contributed by atoms with Crippen molar-refractivity contribution < 1.29 is 27.4 Å². The summed E-state index contributed by atoms with van der Waals surface area (Å²) in [6.45, 7) is 4.90. The zero-order valence-electron chi connectivity index (χ0n) is 19.0. The highest BCUT2D eigenvalue weighted by Crippen LogP contribution is 2.37. The number of amides is 1. The average molecular weight is 480 g/mol. The molecule has 0 unspecified atom stereocenters. The molecule has 8 nitrogen and oxygen atoms in total. The van der Waals surface area contributed by atoms with Crippen LogP contribution in [0.15, 0.2) is 24.4 Å². The number of carbonyl (C=O) groups excluding carboxylic acids is 1. The Morgan fingerprint density at radius 2 is 2.00 bits per heavy atom. The minimum atomic E-state index is -4.64. The molecule has 1 aromatic heterocycles. The van der Waals surface area contributed by atoms with Crippen molar-refractivity contribution in [3.63, 3.8) is 0 Å². The monoisotopic (exact) mass is 479 g/mol. The SMILES string of the molecule is CCn1cc(-c2cc(CN3CCOC3=N)cc(C(=O)NCC3CCOCC3)c2)c(C(F)(F)F)n1. The number of alkyl halides is 3. The van der Waals surface area contributed by atoms with E-state index in [1.54, 1.807) is 24.0 Å². The van der Waals surface area contributed by atoms with E-state index in [-0.39, 0.29) is 41.7 Å². The molecule has 0 bridgehead atoms. The number of halogens is 3. The lowest BCUT2D eigenvalue weighted by molar-refractivity contribution is -0.141. The first-order chi connectivity index (χ1) is 16.2. The number of nitrogens with one attached hydrogen (secondary N) is 2. The van der Waals surface area contributed by atoms with Crippen molar-refractivity contribution in [3.05, 3.63) is 41.2 Å². The van der Waals surface area contributed by atoms with Crippen molar-refractivity contribution in [2.45, 2.75) is 39.0 Å². The largest absolute Gasteiger partial charge is 0.463 e. The van der Waals surface area contributed by atoms with Gasteiger partial charge < -0.3 is 19.7 Å². The van der Waals surface area contributed by atoms with E-state index in [1.807, 2.05) is 0 Å². The zero-order valence-corrected chi connectivity index (χ0v) is 19.0.